The van der Waals surface area contributed by atoms with E-state index in [2.05, 4.69) is 34.6 Å². The number of aromatic nitrogens is 1. The van der Waals surface area contributed by atoms with Gasteiger partial charge in [0.2, 0.25) is 0 Å². The van der Waals surface area contributed by atoms with Crippen LogP contribution < -0.4 is 10.6 Å². The summed E-state index contributed by atoms with van der Waals surface area (Å²) in [4.78, 5) is 4.16. The molecule has 1 fully saturated rings. The monoisotopic (exact) mass is 342 g/mol. The molecule has 0 unspecified atom stereocenters. The predicted molar refractivity (Wildman–Crippen MR) is 90.2 cm³/mol. The Morgan fingerprint density at radius 2 is 2.13 bits per heavy atom. The molecule has 0 aromatic carbocycles. The highest BCUT2D eigenvalue weighted by Gasteiger charge is 2.45. The van der Waals surface area contributed by atoms with Crippen LogP contribution in [0.3, 0.4) is 0 Å². The van der Waals surface area contributed by atoms with Gasteiger partial charge in [0.1, 0.15) is 9.84 Å². The third-order valence-corrected chi connectivity index (χ3v) is 5.12. The van der Waals surface area contributed by atoms with Crippen LogP contribution in [-0.2, 0) is 16.4 Å². The Labute approximate surface area is 137 Å². The van der Waals surface area contributed by atoms with Crippen molar-refractivity contribution in [1.82, 2.24) is 15.8 Å². The van der Waals surface area contributed by atoms with Crippen LogP contribution in [0.25, 0.3) is 0 Å². The molecule has 0 radical (unpaired) electrons. The van der Waals surface area contributed by atoms with Gasteiger partial charge in [-0.3, -0.25) is 4.99 Å². The molecule has 1 aromatic rings. The third kappa shape index (κ3) is 5.53. The highest BCUT2D eigenvalue weighted by Crippen LogP contribution is 2.45. The predicted octanol–water partition coefficient (Wildman–Crippen LogP) is 1.29. The second-order valence-electron chi connectivity index (χ2n) is 6.72. The first-order chi connectivity index (χ1) is 10.7. The fraction of sp³-hybridized carbons (Fsp3) is 0.733. The molecular formula is C15H26N4O3S. The minimum atomic E-state index is -2.96. The molecule has 0 saturated heterocycles. The van der Waals surface area contributed by atoms with Gasteiger partial charge in [-0.25, -0.2) is 8.42 Å². The normalized spacial score (nSPS) is 17.3. The first-order valence-corrected chi connectivity index (χ1v) is 9.87. The van der Waals surface area contributed by atoms with Crippen molar-refractivity contribution in [1.29, 1.82) is 0 Å². The molecule has 0 bridgehead atoms. The Bertz CT molecular complexity index is 660. The minimum absolute atomic E-state index is 0.137. The smallest absolute Gasteiger partial charge is 0.191 e. The zero-order chi connectivity index (χ0) is 17.1. The van der Waals surface area contributed by atoms with E-state index < -0.39 is 9.84 Å². The summed E-state index contributed by atoms with van der Waals surface area (Å²) in [5.74, 6) is 1.93. The molecule has 2 N–H and O–H groups in total. The van der Waals surface area contributed by atoms with Crippen molar-refractivity contribution in [2.24, 2.45) is 10.4 Å². The number of rotatable bonds is 7. The first kappa shape index (κ1) is 17.8. The van der Waals surface area contributed by atoms with Gasteiger partial charge < -0.3 is 15.2 Å². The van der Waals surface area contributed by atoms with Gasteiger partial charge in [-0.15, -0.1) is 0 Å². The van der Waals surface area contributed by atoms with Gasteiger partial charge in [-0.2, -0.15) is 0 Å². The highest BCUT2D eigenvalue weighted by atomic mass is 32.2. The number of nitrogens with one attached hydrogen (secondary N) is 2. The second-order valence-corrected chi connectivity index (χ2v) is 8.86. The van der Waals surface area contributed by atoms with Crippen molar-refractivity contribution < 1.29 is 12.9 Å². The average molecular weight is 342 g/mol. The summed E-state index contributed by atoms with van der Waals surface area (Å²) in [5, 5.41) is 10.4. The lowest BCUT2D eigenvalue weighted by Gasteiger charge is -2.17. The molecule has 1 aliphatic carbocycles. The topological polar surface area (TPSA) is 96.6 Å². The van der Waals surface area contributed by atoms with Gasteiger partial charge in [-0.1, -0.05) is 19.0 Å². The summed E-state index contributed by atoms with van der Waals surface area (Å²) < 4.78 is 28.2. The van der Waals surface area contributed by atoms with Crippen LogP contribution in [0.15, 0.2) is 15.6 Å². The summed E-state index contributed by atoms with van der Waals surface area (Å²) in [6.07, 6.45) is 3.16. The molecule has 0 atom stereocenters. The Morgan fingerprint density at radius 3 is 2.61 bits per heavy atom. The van der Waals surface area contributed by atoms with E-state index in [1.165, 1.54) is 6.26 Å². The Balaban J connectivity index is 1.82. The van der Waals surface area contributed by atoms with Gasteiger partial charge in [0, 0.05) is 31.3 Å². The number of nitrogens with zero attached hydrogens (tertiary/aromatic N) is 2. The van der Waals surface area contributed by atoms with Crippen LogP contribution in [0.4, 0.5) is 0 Å². The van der Waals surface area contributed by atoms with Crippen molar-refractivity contribution in [2.75, 3.05) is 25.6 Å². The van der Waals surface area contributed by atoms with Crippen molar-refractivity contribution in [3.05, 3.63) is 17.5 Å². The second kappa shape index (κ2) is 6.90. The summed E-state index contributed by atoms with van der Waals surface area (Å²) >= 11 is 0. The van der Waals surface area contributed by atoms with Gasteiger partial charge >= 0.3 is 0 Å². The molecule has 0 amide bonds. The summed E-state index contributed by atoms with van der Waals surface area (Å²) in [6, 6.07) is 1.93. The van der Waals surface area contributed by atoms with Gasteiger partial charge in [-0.05, 0) is 18.8 Å². The molecule has 130 valence electrons. The van der Waals surface area contributed by atoms with Crippen LogP contribution >= 0.6 is 0 Å². The maximum Gasteiger partial charge on any atom is 0.191 e. The molecule has 1 aromatic heterocycles. The molecule has 1 heterocycles. The molecule has 0 aliphatic heterocycles. The Hall–Kier alpha value is -1.57. The average Bonchev–Trinajstić information content (AvgIpc) is 3.01. The fourth-order valence-electron chi connectivity index (χ4n) is 2.45. The van der Waals surface area contributed by atoms with E-state index in [-0.39, 0.29) is 11.2 Å². The molecule has 7 nitrogen and oxygen atoms in total. The number of guanidine groups is 1. The zero-order valence-electron chi connectivity index (χ0n) is 14.2. The molecule has 23 heavy (non-hydrogen) atoms. The largest absolute Gasteiger partial charge is 0.359 e. The first-order valence-electron chi connectivity index (χ1n) is 7.81. The van der Waals surface area contributed by atoms with Gasteiger partial charge in [0.25, 0.3) is 0 Å². The van der Waals surface area contributed by atoms with Crippen LogP contribution in [0, 0.1) is 5.41 Å². The lowest BCUT2D eigenvalue weighted by Crippen LogP contribution is -2.41. The van der Waals surface area contributed by atoms with Crippen molar-refractivity contribution in [3.63, 3.8) is 0 Å². The van der Waals surface area contributed by atoms with E-state index in [0.717, 1.165) is 24.3 Å². The molecule has 2 rings (SSSR count). The van der Waals surface area contributed by atoms with Crippen molar-refractivity contribution in [3.8, 4) is 0 Å². The Morgan fingerprint density at radius 1 is 1.43 bits per heavy atom. The summed E-state index contributed by atoms with van der Waals surface area (Å²) in [6.45, 7) is 5.21. The van der Waals surface area contributed by atoms with Crippen molar-refractivity contribution >= 4 is 15.8 Å². The van der Waals surface area contributed by atoms with Crippen LogP contribution in [-0.4, -0.2) is 45.1 Å². The van der Waals surface area contributed by atoms with E-state index in [4.69, 9.17) is 4.52 Å². The van der Waals surface area contributed by atoms with E-state index in [9.17, 15) is 8.42 Å². The number of aliphatic imine (C=N–C) groups is 1. The van der Waals surface area contributed by atoms with E-state index >= 15 is 0 Å². The minimum Gasteiger partial charge on any atom is -0.359 e. The lowest BCUT2D eigenvalue weighted by molar-refractivity contribution is 0.371. The van der Waals surface area contributed by atoms with Crippen molar-refractivity contribution in [2.45, 2.75) is 39.2 Å². The molecule has 1 aliphatic rings. The number of sulfone groups is 1. The Kier molecular flexibility index (Phi) is 5.33. The maximum atomic E-state index is 11.5. The van der Waals surface area contributed by atoms with Crippen LogP contribution in [0.1, 0.15) is 44.1 Å². The lowest BCUT2D eigenvalue weighted by atomic mass is 10.1. The SMILES string of the molecule is CN=C(NCc1cc(C(C)C)no1)NCC1(CS(C)(=O)=O)CC1. The highest BCUT2D eigenvalue weighted by molar-refractivity contribution is 7.90. The quantitative estimate of drug-likeness (QED) is 0.572. The maximum absolute atomic E-state index is 11.5. The van der Waals surface area contributed by atoms with E-state index in [1.54, 1.807) is 7.05 Å². The van der Waals surface area contributed by atoms with Gasteiger partial charge in [0.15, 0.2) is 11.7 Å². The fourth-order valence-corrected chi connectivity index (χ4v) is 3.96. The van der Waals surface area contributed by atoms with Gasteiger partial charge in [0.05, 0.1) is 18.0 Å². The van der Waals surface area contributed by atoms with Crippen LogP contribution in [0.5, 0.6) is 0 Å². The third-order valence-electron chi connectivity index (χ3n) is 3.98. The molecule has 0 spiro atoms. The number of hydrogen-bond donors (Lipinski definition) is 2. The standard InChI is InChI=1S/C15H26N4O3S/c1-11(2)13-7-12(22-19-13)8-17-14(16-3)18-9-15(5-6-15)10-23(4,20)21/h7,11H,5-6,8-10H2,1-4H3,(H2,16,17,18). The molecular weight excluding hydrogens is 316 g/mol. The zero-order valence-corrected chi connectivity index (χ0v) is 15.0. The molecule has 8 heteroatoms. The number of hydrogen-bond acceptors (Lipinski definition) is 5. The summed E-state index contributed by atoms with van der Waals surface area (Å²) in [7, 11) is -1.27. The van der Waals surface area contributed by atoms with Crippen LogP contribution in [0.2, 0.25) is 0 Å². The van der Waals surface area contributed by atoms with E-state index in [0.29, 0.717) is 25.0 Å². The summed E-state index contributed by atoms with van der Waals surface area (Å²) in [5.41, 5.74) is 0.789. The molecule has 1 saturated carbocycles. The van der Waals surface area contributed by atoms with E-state index in [1.807, 2.05) is 6.07 Å².